The van der Waals surface area contributed by atoms with Crippen LogP contribution in [-0.2, 0) is 6.42 Å². The van der Waals surface area contributed by atoms with Crippen LogP contribution in [0.2, 0.25) is 0 Å². The minimum atomic E-state index is -0.710. The number of rotatable bonds is 0. The first kappa shape index (κ1) is 8.71. The summed E-state index contributed by atoms with van der Waals surface area (Å²) in [6.07, 6.45) is 4.51. The molecular weight excluding hydrogens is 186 g/mol. The second-order valence-electron chi connectivity index (χ2n) is 4.19. The van der Waals surface area contributed by atoms with Gasteiger partial charge in [0.25, 0.3) is 0 Å². The first-order valence-corrected chi connectivity index (χ1v) is 5.02. The lowest BCUT2D eigenvalue weighted by Gasteiger charge is -2.23. The quantitative estimate of drug-likeness (QED) is 0.561. The molecule has 0 unspecified atom stereocenters. The lowest BCUT2D eigenvalue weighted by Crippen LogP contribution is -2.50. The Hall–Kier alpha value is -1.58. The third-order valence-corrected chi connectivity index (χ3v) is 2.89. The molecule has 1 heterocycles. The maximum atomic E-state index is 5.92. The highest BCUT2D eigenvalue weighted by molar-refractivity contribution is 5.88. The molecule has 0 spiro atoms. The lowest BCUT2D eigenvalue weighted by molar-refractivity contribution is 0.548. The van der Waals surface area contributed by atoms with Crippen molar-refractivity contribution in [1.82, 2.24) is 4.98 Å². The van der Waals surface area contributed by atoms with Crippen LogP contribution in [0.1, 0.15) is 11.3 Å². The number of aromatic nitrogens is 1. The Balaban J connectivity index is 2.29. The van der Waals surface area contributed by atoms with E-state index in [1.807, 2.05) is 24.3 Å². The van der Waals surface area contributed by atoms with Gasteiger partial charge in [-0.1, -0.05) is 18.2 Å². The Kier molecular flexibility index (Phi) is 1.58. The number of H-pyrrole nitrogens is 1. The van der Waals surface area contributed by atoms with Crippen molar-refractivity contribution in [3.8, 4) is 0 Å². The molecule has 0 radical (unpaired) electrons. The van der Waals surface area contributed by atoms with Crippen LogP contribution in [-0.4, -0.2) is 10.6 Å². The Morgan fingerprint density at radius 1 is 1.20 bits per heavy atom. The van der Waals surface area contributed by atoms with Crippen LogP contribution in [0.4, 0.5) is 0 Å². The number of nitrogens with two attached hydrogens (primary N) is 2. The number of fused-ring (bicyclic) bond motifs is 3. The zero-order valence-electron chi connectivity index (χ0n) is 8.33. The van der Waals surface area contributed by atoms with E-state index < -0.39 is 5.66 Å². The van der Waals surface area contributed by atoms with Crippen molar-refractivity contribution < 1.29 is 0 Å². The molecule has 5 N–H and O–H groups in total. The fraction of sp³-hybridized carbons (Fsp3) is 0.167. The molecule has 0 saturated carbocycles. The predicted octanol–water partition coefficient (Wildman–Crippen LogP) is 1.35. The predicted molar refractivity (Wildman–Crippen MR) is 62.1 cm³/mol. The summed E-state index contributed by atoms with van der Waals surface area (Å²) in [4.78, 5) is 3.36. The summed E-state index contributed by atoms with van der Waals surface area (Å²) in [5, 5.41) is 1.22. The summed E-state index contributed by atoms with van der Waals surface area (Å²) < 4.78 is 0. The largest absolute Gasteiger partial charge is 0.355 e. The molecule has 0 bridgehead atoms. The molecule has 76 valence electrons. The van der Waals surface area contributed by atoms with Crippen molar-refractivity contribution in [1.29, 1.82) is 0 Å². The zero-order chi connectivity index (χ0) is 10.5. The van der Waals surface area contributed by atoms with Crippen LogP contribution in [0.15, 0.2) is 30.3 Å². The van der Waals surface area contributed by atoms with E-state index in [0.29, 0.717) is 6.42 Å². The maximum absolute atomic E-state index is 5.92. The average Bonchev–Trinajstić information content (AvgIpc) is 2.55. The minimum Gasteiger partial charge on any atom is -0.355 e. The van der Waals surface area contributed by atoms with Gasteiger partial charge in [0.15, 0.2) is 0 Å². The lowest BCUT2D eigenvalue weighted by atomic mass is 9.93. The number of hydrogen-bond donors (Lipinski definition) is 3. The topological polar surface area (TPSA) is 67.8 Å². The van der Waals surface area contributed by atoms with E-state index in [1.165, 1.54) is 10.9 Å². The van der Waals surface area contributed by atoms with Crippen LogP contribution in [0.5, 0.6) is 0 Å². The van der Waals surface area contributed by atoms with Gasteiger partial charge >= 0.3 is 0 Å². The first-order valence-electron chi connectivity index (χ1n) is 5.02. The molecule has 1 aromatic heterocycles. The van der Waals surface area contributed by atoms with E-state index in [9.17, 15) is 0 Å². The van der Waals surface area contributed by atoms with E-state index in [0.717, 1.165) is 11.2 Å². The molecule has 1 aliphatic carbocycles. The Morgan fingerprint density at radius 2 is 2.00 bits per heavy atom. The summed E-state index contributed by atoms with van der Waals surface area (Å²) in [5.74, 6) is 0. The van der Waals surface area contributed by atoms with Crippen molar-refractivity contribution in [2.75, 3.05) is 0 Å². The van der Waals surface area contributed by atoms with Crippen molar-refractivity contribution in [3.63, 3.8) is 0 Å². The highest BCUT2D eigenvalue weighted by atomic mass is 14.9. The summed E-state index contributed by atoms with van der Waals surface area (Å²) >= 11 is 0. The van der Waals surface area contributed by atoms with Crippen LogP contribution in [0.25, 0.3) is 17.0 Å². The molecule has 2 aromatic rings. The smallest absolute Gasteiger partial charge is 0.0874 e. The maximum Gasteiger partial charge on any atom is 0.0874 e. The summed E-state index contributed by atoms with van der Waals surface area (Å²) in [7, 11) is 0. The van der Waals surface area contributed by atoms with E-state index in [2.05, 4.69) is 17.1 Å². The first-order chi connectivity index (χ1) is 7.16. The third kappa shape index (κ3) is 1.28. The molecule has 3 heteroatoms. The van der Waals surface area contributed by atoms with Gasteiger partial charge in [0.2, 0.25) is 0 Å². The monoisotopic (exact) mass is 199 g/mol. The van der Waals surface area contributed by atoms with Gasteiger partial charge in [0, 0.05) is 23.0 Å². The fourth-order valence-corrected chi connectivity index (χ4v) is 2.16. The number of nitrogens with one attached hydrogen (secondary N) is 1. The number of aromatic amines is 1. The number of para-hydroxylation sites is 1. The summed E-state index contributed by atoms with van der Waals surface area (Å²) in [6.45, 7) is 0. The average molecular weight is 199 g/mol. The van der Waals surface area contributed by atoms with E-state index >= 15 is 0 Å². The van der Waals surface area contributed by atoms with Gasteiger partial charge < -0.3 is 16.5 Å². The van der Waals surface area contributed by atoms with Crippen molar-refractivity contribution >= 4 is 17.0 Å². The zero-order valence-corrected chi connectivity index (χ0v) is 8.33. The molecule has 0 atom stereocenters. The molecule has 0 saturated heterocycles. The highest BCUT2D eigenvalue weighted by Gasteiger charge is 2.24. The summed E-state index contributed by atoms with van der Waals surface area (Å²) in [6, 6.07) is 8.21. The SMILES string of the molecule is NC1(N)C=Cc2[nH]c3ccccc3c2C1. The molecule has 0 amide bonds. The second kappa shape index (κ2) is 2.72. The Labute approximate surface area is 87.8 Å². The van der Waals surface area contributed by atoms with Gasteiger partial charge in [0.05, 0.1) is 5.66 Å². The van der Waals surface area contributed by atoms with E-state index in [1.54, 1.807) is 0 Å². The van der Waals surface area contributed by atoms with Gasteiger partial charge in [-0.15, -0.1) is 0 Å². The Morgan fingerprint density at radius 3 is 2.87 bits per heavy atom. The second-order valence-corrected chi connectivity index (χ2v) is 4.19. The van der Waals surface area contributed by atoms with Crippen molar-refractivity contribution in [3.05, 3.63) is 41.6 Å². The molecule has 1 aliphatic rings. The summed E-state index contributed by atoms with van der Waals surface area (Å²) in [5.41, 5.74) is 14.6. The molecule has 0 fully saturated rings. The van der Waals surface area contributed by atoms with Gasteiger partial charge in [-0.3, -0.25) is 0 Å². The van der Waals surface area contributed by atoms with Gasteiger partial charge in [-0.25, -0.2) is 0 Å². The van der Waals surface area contributed by atoms with Gasteiger partial charge in [-0.05, 0) is 23.8 Å². The van der Waals surface area contributed by atoms with Crippen LogP contribution < -0.4 is 11.5 Å². The van der Waals surface area contributed by atoms with E-state index in [-0.39, 0.29) is 0 Å². The number of benzene rings is 1. The fourth-order valence-electron chi connectivity index (χ4n) is 2.16. The van der Waals surface area contributed by atoms with Gasteiger partial charge in [0.1, 0.15) is 0 Å². The molecule has 3 nitrogen and oxygen atoms in total. The van der Waals surface area contributed by atoms with Gasteiger partial charge in [-0.2, -0.15) is 0 Å². The minimum absolute atomic E-state index is 0.683. The standard InChI is InChI=1S/C12H13N3/c13-12(14)6-5-11-9(7-12)8-3-1-2-4-10(8)15-11/h1-6,15H,7,13-14H2. The Bertz CT molecular complexity index is 549. The van der Waals surface area contributed by atoms with Crippen molar-refractivity contribution in [2.24, 2.45) is 11.5 Å². The van der Waals surface area contributed by atoms with Crippen LogP contribution in [0, 0.1) is 0 Å². The highest BCUT2D eigenvalue weighted by Crippen LogP contribution is 2.28. The molecular formula is C12H13N3. The molecule has 15 heavy (non-hydrogen) atoms. The molecule has 0 aliphatic heterocycles. The normalized spacial score (nSPS) is 18.0. The number of hydrogen-bond acceptors (Lipinski definition) is 2. The third-order valence-electron chi connectivity index (χ3n) is 2.89. The van der Waals surface area contributed by atoms with Crippen LogP contribution in [0.3, 0.4) is 0 Å². The van der Waals surface area contributed by atoms with Crippen LogP contribution >= 0.6 is 0 Å². The van der Waals surface area contributed by atoms with E-state index in [4.69, 9.17) is 11.5 Å². The molecule has 3 rings (SSSR count). The van der Waals surface area contributed by atoms with Crippen molar-refractivity contribution in [2.45, 2.75) is 12.1 Å². The molecule has 1 aromatic carbocycles.